The van der Waals surface area contributed by atoms with Crippen LogP contribution in [0, 0.1) is 40.4 Å². The van der Waals surface area contributed by atoms with E-state index >= 15 is 0 Å². The number of ketones is 2. The summed E-state index contributed by atoms with van der Waals surface area (Å²) in [7, 11) is 0. The van der Waals surface area contributed by atoms with Gasteiger partial charge in [-0.15, -0.1) is 0 Å². The zero-order chi connectivity index (χ0) is 21.7. The van der Waals surface area contributed by atoms with Gasteiger partial charge in [-0.05, 0) is 79.3 Å². The van der Waals surface area contributed by atoms with Gasteiger partial charge in [0.05, 0.1) is 6.61 Å². The fourth-order valence-corrected chi connectivity index (χ4v) is 7.44. The first kappa shape index (κ1) is 21.5. The molecule has 0 aromatic heterocycles. The van der Waals surface area contributed by atoms with E-state index < -0.39 is 0 Å². The fraction of sp³-hybridized carbons (Fsp3) is 0.731. The van der Waals surface area contributed by atoms with E-state index in [-0.39, 0.29) is 22.6 Å². The zero-order valence-electron chi connectivity index (χ0n) is 18.9. The molecule has 0 aromatic carbocycles. The van der Waals surface area contributed by atoms with Gasteiger partial charge in [-0.2, -0.15) is 0 Å². The first-order valence-corrected chi connectivity index (χ1v) is 11.8. The Morgan fingerprint density at radius 2 is 2.00 bits per heavy atom. The number of hydrogen-bond donors (Lipinski definition) is 0. The fourth-order valence-electron chi connectivity index (χ4n) is 7.44. The highest BCUT2D eigenvalue weighted by Gasteiger charge is 2.62. The Morgan fingerprint density at radius 1 is 1.23 bits per heavy atom. The number of ether oxygens (including phenoxy) is 1. The first-order valence-electron chi connectivity index (χ1n) is 11.8. The first-order chi connectivity index (χ1) is 14.2. The van der Waals surface area contributed by atoms with Crippen LogP contribution in [-0.2, 0) is 19.1 Å². The van der Waals surface area contributed by atoms with Crippen LogP contribution in [0.25, 0.3) is 0 Å². The number of allylic oxidation sites excluding steroid dienone is 4. The third kappa shape index (κ3) is 3.22. The zero-order valence-corrected chi connectivity index (χ0v) is 18.9. The van der Waals surface area contributed by atoms with E-state index in [0.717, 1.165) is 31.3 Å². The van der Waals surface area contributed by atoms with Crippen LogP contribution < -0.4 is 0 Å². The maximum Gasteiger partial charge on any atom is 0.305 e. The molecule has 0 bridgehead atoms. The van der Waals surface area contributed by atoms with Crippen LogP contribution in [-0.4, -0.2) is 24.1 Å². The largest absolute Gasteiger partial charge is 0.466 e. The van der Waals surface area contributed by atoms with Crippen molar-refractivity contribution in [2.45, 2.75) is 72.6 Å². The minimum absolute atomic E-state index is 0.0576. The Bertz CT molecular complexity index is 808. The van der Waals surface area contributed by atoms with Crippen LogP contribution in [0.15, 0.2) is 23.8 Å². The number of rotatable bonds is 5. The number of carbonyl (C=O) groups is 3. The topological polar surface area (TPSA) is 60.4 Å². The standard InChI is InChI=1S/C26H36O4/c1-5-30-24(29)11-6-16(2)20-9-10-21-19-8-7-17-14-18(27)12-13-25(17,3)22(19)15-23(28)26(20,21)4/h7-8,14,16,19-22H,5-6,9-13,15H2,1-4H3/t16-,19+,20-,21+,22+,25+,26-/m1/s1. The summed E-state index contributed by atoms with van der Waals surface area (Å²) >= 11 is 0. The van der Waals surface area contributed by atoms with Crippen molar-refractivity contribution in [1.29, 1.82) is 0 Å². The van der Waals surface area contributed by atoms with Crippen LogP contribution in [0.5, 0.6) is 0 Å². The number of esters is 1. The average Bonchev–Trinajstić information content (AvgIpc) is 3.07. The minimum atomic E-state index is -0.304. The van der Waals surface area contributed by atoms with Gasteiger partial charge in [-0.1, -0.05) is 32.9 Å². The SMILES string of the molecule is CCOC(=O)CC[C@@H](C)[C@H]1CC[C@H]2[C@@H]3C=CC4=CC(=O)CC[C@]4(C)[C@H]3CC(=O)[C@]12C. The predicted octanol–water partition coefficient (Wildman–Crippen LogP) is 5.07. The highest BCUT2D eigenvalue weighted by molar-refractivity contribution is 5.92. The summed E-state index contributed by atoms with van der Waals surface area (Å²) in [6.07, 6.45) is 11.8. The molecule has 4 nitrogen and oxygen atoms in total. The van der Waals surface area contributed by atoms with Crippen LogP contribution in [0.2, 0.25) is 0 Å². The highest BCUT2D eigenvalue weighted by Crippen LogP contribution is 2.65. The molecule has 0 amide bonds. The molecule has 30 heavy (non-hydrogen) atoms. The number of carbonyl (C=O) groups excluding carboxylic acids is 3. The second kappa shape index (κ2) is 7.76. The van der Waals surface area contributed by atoms with E-state index in [1.165, 1.54) is 0 Å². The molecule has 0 spiro atoms. The summed E-state index contributed by atoms with van der Waals surface area (Å²) in [6.45, 7) is 8.95. The summed E-state index contributed by atoms with van der Waals surface area (Å²) in [5.41, 5.74) is 0.772. The molecule has 0 N–H and O–H groups in total. The maximum absolute atomic E-state index is 13.7. The van der Waals surface area contributed by atoms with Crippen molar-refractivity contribution in [3.8, 4) is 0 Å². The van der Waals surface area contributed by atoms with Gasteiger partial charge in [0.25, 0.3) is 0 Å². The van der Waals surface area contributed by atoms with Gasteiger partial charge < -0.3 is 4.74 Å². The normalized spacial score (nSPS) is 40.9. The van der Waals surface area contributed by atoms with Crippen molar-refractivity contribution in [2.24, 2.45) is 40.4 Å². The summed E-state index contributed by atoms with van der Waals surface area (Å²) in [5, 5.41) is 0. The summed E-state index contributed by atoms with van der Waals surface area (Å²) < 4.78 is 5.10. The molecule has 0 unspecified atom stereocenters. The molecule has 0 radical (unpaired) electrons. The summed E-state index contributed by atoms with van der Waals surface area (Å²) in [6, 6.07) is 0. The maximum atomic E-state index is 13.7. The second-order valence-electron chi connectivity index (χ2n) is 10.5. The molecule has 4 aliphatic carbocycles. The molecule has 0 aliphatic heterocycles. The van der Waals surface area contributed by atoms with Gasteiger partial charge in [0.2, 0.25) is 0 Å². The van der Waals surface area contributed by atoms with Crippen molar-refractivity contribution in [2.75, 3.05) is 6.61 Å². The molecule has 0 saturated heterocycles. The molecule has 0 heterocycles. The van der Waals surface area contributed by atoms with E-state index in [0.29, 0.717) is 61.2 Å². The molecule has 4 aliphatic rings. The third-order valence-corrected chi connectivity index (χ3v) is 9.24. The van der Waals surface area contributed by atoms with E-state index in [1.807, 2.05) is 13.0 Å². The lowest BCUT2D eigenvalue weighted by Gasteiger charge is -2.55. The Kier molecular flexibility index (Phi) is 5.57. The van der Waals surface area contributed by atoms with Gasteiger partial charge in [0.15, 0.2) is 5.78 Å². The van der Waals surface area contributed by atoms with Crippen LogP contribution >= 0.6 is 0 Å². The number of Topliss-reactive ketones (excluding diaryl/α,β-unsaturated/α-hetero) is 1. The lowest BCUT2D eigenvalue weighted by atomic mass is 9.47. The van der Waals surface area contributed by atoms with Gasteiger partial charge in [-0.3, -0.25) is 14.4 Å². The van der Waals surface area contributed by atoms with Gasteiger partial charge in [-0.25, -0.2) is 0 Å². The third-order valence-electron chi connectivity index (χ3n) is 9.24. The van der Waals surface area contributed by atoms with Crippen molar-refractivity contribution < 1.29 is 19.1 Å². The summed E-state index contributed by atoms with van der Waals surface area (Å²) in [5.74, 6) is 2.24. The van der Waals surface area contributed by atoms with Crippen LogP contribution in [0.1, 0.15) is 72.6 Å². The molecule has 0 aromatic rings. The van der Waals surface area contributed by atoms with Crippen LogP contribution in [0.3, 0.4) is 0 Å². The minimum Gasteiger partial charge on any atom is -0.466 e. The average molecular weight is 413 g/mol. The number of hydrogen-bond acceptors (Lipinski definition) is 4. The summed E-state index contributed by atoms with van der Waals surface area (Å²) in [4.78, 5) is 37.5. The Labute approximate surface area is 180 Å². The monoisotopic (exact) mass is 412 g/mol. The molecule has 164 valence electrons. The number of fused-ring (bicyclic) bond motifs is 5. The van der Waals surface area contributed by atoms with Gasteiger partial charge in [0, 0.05) is 24.7 Å². The molecular weight excluding hydrogens is 376 g/mol. The molecular formula is C26H36O4. The predicted molar refractivity (Wildman–Crippen MR) is 116 cm³/mol. The molecule has 4 rings (SSSR count). The van der Waals surface area contributed by atoms with E-state index in [1.54, 1.807) is 0 Å². The van der Waals surface area contributed by atoms with Crippen molar-refractivity contribution >= 4 is 17.5 Å². The second-order valence-corrected chi connectivity index (χ2v) is 10.5. The Balaban J connectivity index is 1.57. The highest BCUT2D eigenvalue weighted by atomic mass is 16.5. The smallest absolute Gasteiger partial charge is 0.305 e. The van der Waals surface area contributed by atoms with Gasteiger partial charge in [0.1, 0.15) is 5.78 Å². The van der Waals surface area contributed by atoms with Crippen molar-refractivity contribution in [3.63, 3.8) is 0 Å². The molecule has 7 atom stereocenters. The lowest BCUT2D eigenvalue weighted by Crippen LogP contribution is -2.54. The Hall–Kier alpha value is -1.71. The lowest BCUT2D eigenvalue weighted by molar-refractivity contribution is -0.145. The van der Waals surface area contributed by atoms with E-state index in [9.17, 15) is 14.4 Å². The molecule has 2 fully saturated rings. The van der Waals surface area contributed by atoms with E-state index in [4.69, 9.17) is 4.74 Å². The quantitative estimate of drug-likeness (QED) is 0.592. The van der Waals surface area contributed by atoms with Gasteiger partial charge >= 0.3 is 5.97 Å². The Morgan fingerprint density at radius 3 is 2.73 bits per heavy atom. The molecule has 2 saturated carbocycles. The van der Waals surface area contributed by atoms with Crippen LogP contribution in [0.4, 0.5) is 0 Å². The van der Waals surface area contributed by atoms with E-state index in [2.05, 4.69) is 32.9 Å². The van der Waals surface area contributed by atoms with Crippen molar-refractivity contribution in [1.82, 2.24) is 0 Å². The van der Waals surface area contributed by atoms with Crippen molar-refractivity contribution in [3.05, 3.63) is 23.8 Å². The molecule has 4 heteroatoms.